The molecular formula is C20H20FIN4O2. The molecule has 146 valence electrons. The van der Waals surface area contributed by atoms with Crippen molar-refractivity contribution in [1.29, 1.82) is 0 Å². The molecule has 6 nitrogen and oxygen atoms in total. The first-order valence-corrected chi connectivity index (χ1v) is 10.0. The number of nitrogens with two attached hydrogens (primary N) is 1. The maximum absolute atomic E-state index is 14.4. The monoisotopic (exact) mass is 494 g/mol. The van der Waals surface area contributed by atoms with Crippen molar-refractivity contribution in [1.82, 2.24) is 14.9 Å². The number of β-amino-alcohol motifs (C(OH)–C–C–N with tert-alkyl or cyclic N) is 1. The van der Waals surface area contributed by atoms with Gasteiger partial charge in [-0.05, 0) is 64.9 Å². The Hall–Kier alpha value is -2.04. The van der Waals surface area contributed by atoms with Crippen LogP contribution in [-0.4, -0.2) is 50.6 Å². The van der Waals surface area contributed by atoms with Crippen LogP contribution in [0.15, 0.2) is 36.7 Å². The zero-order valence-corrected chi connectivity index (χ0v) is 17.4. The number of aromatic nitrogens is 2. The van der Waals surface area contributed by atoms with E-state index in [0.29, 0.717) is 22.2 Å². The Kier molecular flexibility index (Phi) is 4.88. The van der Waals surface area contributed by atoms with E-state index in [4.69, 9.17) is 5.73 Å². The summed E-state index contributed by atoms with van der Waals surface area (Å²) in [6, 6.07) is 8.19. The van der Waals surface area contributed by atoms with Crippen molar-refractivity contribution in [3.63, 3.8) is 0 Å². The Morgan fingerprint density at radius 3 is 2.82 bits per heavy atom. The van der Waals surface area contributed by atoms with Gasteiger partial charge in [-0.15, -0.1) is 0 Å². The summed E-state index contributed by atoms with van der Waals surface area (Å²) in [7, 11) is 0. The van der Waals surface area contributed by atoms with Crippen molar-refractivity contribution >= 4 is 39.5 Å². The van der Waals surface area contributed by atoms with E-state index in [1.54, 1.807) is 30.3 Å². The molecule has 0 aliphatic carbocycles. The number of hydrogen-bond donors (Lipinski definition) is 3. The molecule has 2 aromatic carbocycles. The fourth-order valence-corrected chi connectivity index (χ4v) is 3.91. The van der Waals surface area contributed by atoms with Gasteiger partial charge in [0.1, 0.15) is 11.4 Å². The first kappa shape index (κ1) is 19.3. The predicted octanol–water partition coefficient (Wildman–Crippen LogP) is 2.43. The molecule has 2 heterocycles. The molecule has 1 aliphatic heterocycles. The van der Waals surface area contributed by atoms with E-state index in [-0.39, 0.29) is 31.2 Å². The van der Waals surface area contributed by atoms with E-state index in [9.17, 15) is 14.3 Å². The number of hydrogen-bond acceptors (Lipinski definition) is 4. The van der Waals surface area contributed by atoms with Crippen LogP contribution in [0, 0.1) is 9.39 Å². The third-order valence-corrected chi connectivity index (χ3v) is 6.01. The minimum absolute atomic E-state index is 0.180. The minimum Gasteiger partial charge on any atom is -0.385 e. The lowest BCUT2D eigenvalue weighted by Crippen LogP contribution is -2.70. The number of halogens is 2. The van der Waals surface area contributed by atoms with Gasteiger partial charge in [-0.2, -0.15) is 0 Å². The molecule has 1 amide bonds. The third-order valence-electron chi connectivity index (χ3n) is 5.34. The highest BCUT2D eigenvalue weighted by Crippen LogP contribution is 2.29. The van der Waals surface area contributed by atoms with Crippen molar-refractivity contribution < 1.29 is 14.3 Å². The Labute approximate surface area is 175 Å². The number of nitrogens with one attached hydrogen (secondary N) is 1. The lowest BCUT2D eigenvalue weighted by atomic mass is 9.86. The van der Waals surface area contributed by atoms with E-state index >= 15 is 0 Å². The fraction of sp³-hybridized carbons (Fsp3) is 0.300. The molecule has 3 aromatic rings. The lowest BCUT2D eigenvalue weighted by molar-refractivity contribution is -0.0931. The maximum atomic E-state index is 14.4. The Morgan fingerprint density at radius 1 is 1.39 bits per heavy atom. The Balaban J connectivity index is 1.69. The molecule has 0 saturated carbocycles. The van der Waals surface area contributed by atoms with E-state index in [2.05, 4.69) is 32.6 Å². The zero-order chi connectivity index (χ0) is 20.1. The number of rotatable bonds is 4. The number of amides is 1. The van der Waals surface area contributed by atoms with Gasteiger partial charge in [-0.3, -0.25) is 4.79 Å². The lowest BCUT2D eigenvalue weighted by Gasteiger charge is -2.48. The number of benzene rings is 2. The van der Waals surface area contributed by atoms with Crippen LogP contribution < -0.4 is 5.73 Å². The number of imidazole rings is 1. The van der Waals surface area contributed by atoms with Crippen LogP contribution in [0.25, 0.3) is 11.0 Å². The summed E-state index contributed by atoms with van der Waals surface area (Å²) < 4.78 is 15.2. The zero-order valence-electron chi connectivity index (χ0n) is 15.2. The second-order valence-electron chi connectivity index (χ2n) is 7.40. The van der Waals surface area contributed by atoms with Gasteiger partial charge in [-0.1, -0.05) is 6.07 Å². The summed E-state index contributed by atoms with van der Waals surface area (Å²) in [5.41, 5.74) is 7.89. The first-order chi connectivity index (χ1) is 13.3. The SMILES string of the molecule is C[C@H](N)C1(O)CN(C(=O)c2cc3nc[nH]c3cc2Cc2ccc(I)cc2F)C1. The summed E-state index contributed by atoms with van der Waals surface area (Å²) in [4.78, 5) is 21.9. The number of H-pyrrole nitrogens is 1. The highest BCUT2D eigenvalue weighted by molar-refractivity contribution is 14.1. The van der Waals surface area contributed by atoms with Gasteiger partial charge in [0.15, 0.2) is 0 Å². The predicted molar refractivity (Wildman–Crippen MR) is 113 cm³/mol. The summed E-state index contributed by atoms with van der Waals surface area (Å²) in [5, 5.41) is 10.4. The van der Waals surface area contributed by atoms with Crippen LogP contribution in [0.4, 0.5) is 4.39 Å². The minimum atomic E-state index is -1.06. The van der Waals surface area contributed by atoms with Crippen LogP contribution in [0.5, 0.6) is 0 Å². The van der Waals surface area contributed by atoms with Crippen LogP contribution in [-0.2, 0) is 6.42 Å². The Bertz CT molecular complexity index is 1060. The van der Waals surface area contributed by atoms with Crippen LogP contribution >= 0.6 is 22.6 Å². The number of fused-ring (bicyclic) bond motifs is 1. The standard InChI is InChI=1S/C20H20FIN4O2/c1-11(23)20(28)8-26(9-20)19(27)15-7-18-17(24-10-25-18)5-13(15)4-12-2-3-14(22)6-16(12)21/h2-3,5-7,10-11,28H,4,8-9,23H2,1H3,(H,24,25)/t11-/m0/s1. The average molecular weight is 494 g/mol. The average Bonchev–Trinajstić information content (AvgIpc) is 3.07. The third kappa shape index (κ3) is 3.40. The van der Waals surface area contributed by atoms with Crippen LogP contribution in [0.2, 0.25) is 0 Å². The molecule has 0 spiro atoms. The van der Waals surface area contributed by atoms with Crippen molar-refractivity contribution in [3.8, 4) is 0 Å². The molecule has 1 atom stereocenters. The summed E-state index contributed by atoms with van der Waals surface area (Å²) in [5.74, 6) is -0.513. The molecule has 28 heavy (non-hydrogen) atoms. The van der Waals surface area contributed by atoms with E-state index in [1.165, 1.54) is 6.07 Å². The molecular weight excluding hydrogens is 474 g/mol. The number of aliphatic hydroxyl groups is 1. The van der Waals surface area contributed by atoms with E-state index < -0.39 is 11.6 Å². The van der Waals surface area contributed by atoms with Crippen molar-refractivity contribution in [2.75, 3.05) is 13.1 Å². The van der Waals surface area contributed by atoms with Gasteiger partial charge >= 0.3 is 0 Å². The molecule has 0 radical (unpaired) electrons. The van der Waals surface area contributed by atoms with Gasteiger partial charge in [-0.25, -0.2) is 9.37 Å². The van der Waals surface area contributed by atoms with Crippen molar-refractivity contribution in [2.24, 2.45) is 5.73 Å². The van der Waals surface area contributed by atoms with Crippen LogP contribution in [0.3, 0.4) is 0 Å². The topological polar surface area (TPSA) is 95.2 Å². The number of nitrogens with zero attached hydrogens (tertiary/aromatic N) is 2. The second kappa shape index (κ2) is 7.09. The Morgan fingerprint density at radius 2 is 2.14 bits per heavy atom. The normalized spacial score (nSPS) is 16.8. The molecule has 1 fully saturated rings. The van der Waals surface area contributed by atoms with Gasteiger partial charge in [0.25, 0.3) is 5.91 Å². The highest BCUT2D eigenvalue weighted by Gasteiger charge is 2.46. The largest absolute Gasteiger partial charge is 0.385 e. The second-order valence-corrected chi connectivity index (χ2v) is 8.64. The molecule has 1 aromatic heterocycles. The molecule has 0 unspecified atom stereocenters. The molecule has 1 saturated heterocycles. The summed E-state index contributed by atoms with van der Waals surface area (Å²) in [6.07, 6.45) is 1.84. The first-order valence-electron chi connectivity index (χ1n) is 8.94. The van der Waals surface area contributed by atoms with Gasteiger partial charge in [0.2, 0.25) is 0 Å². The van der Waals surface area contributed by atoms with Crippen molar-refractivity contribution in [2.45, 2.75) is 25.0 Å². The molecule has 0 bridgehead atoms. The highest BCUT2D eigenvalue weighted by atomic mass is 127. The fourth-order valence-electron chi connectivity index (χ4n) is 3.46. The molecule has 1 aliphatic rings. The maximum Gasteiger partial charge on any atom is 0.254 e. The number of carbonyl (C=O) groups is 1. The van der Waals surface area contributed by atoms with Crippen molar-refractivity contribution in [3.05, 3.63) is 62.7 Å². The molecule has 4 N–H and O–H groups in total. The smallest absolute Gasteiger partial charge is 0.254 e. The van der Waals surface area contributed by atoms with E-state index in [1.807, 2.05) is 12.1 Å². The molecule has 8 heteroatoms. The number of carbonyl (C=O) groups excluding carboxylic acids is 1. The summed E-state index contributed by atoms with van der Waals surface area (Å²) in [6.45, 7) is 2.08. The van der Waals surface area contributed by atoms with Gasteiger partial charge in [0, 0.05) is 21.6 Å². The number of aromatic amines is 1. The van der Waals surface area contributed by atoms with E-state index in [0.717, 1.165) is 9.09 Å². The molecule has 4 rings (SSSR count). The van der Waals surface area contributed by atoms with Gasteiger partial charge in [0.05, 0.1) is 30.5 Å². The van der Waals surface area contributed by atoms with Crippen LogP contribution in [0.1, 0.15) is 28.4 Å². The summed E-state index contributed by atoms with van der Waals surface area (Å²) >= 11 is 2.06. The van der Waals surface area contributed by atoms with Gasteiger partial charge < -0.3 is 20.7 Å². The quantitative estimate of drug-likeness (QED) is 0.486. The number of likely N-dealkylation sites (tertiary alicyclic amines) is 1.